The third-order valence-corrected chi connectivity index (χ3v) is 3.89. The summed E-state index contributed by atoms with van der Waals surface area (Å²) >= 11 is 5.84. The molecule has 6 nitrogen and oxygen atoms in total. The molecule has 0 aliphatic heterocycles. The first-order valence-corrected chi connectivity index (χ1v) is 7.78. The molecule has 2 rings (SSSR count). The van der Waals surface area contributed by atoms with Gasteiger partial charge in [0.25, 0.3) is 11.6 Å². The molecule has 126 valence electrons. The van der Waals surface area contributed by atoms with Gasteiger partial charge in [0, 0.05) is 30.2 Å². The Morgan fingerprint density at radius 3 is 2.58 bits per heavy atom. The van der Waals surface area contributed by atoms with E-state index in [0.717, 1.165) is 5.56 Å². The fraction of sp³-hybridized carbons (Fsp3) is 0.235. The van der Waals surface area contributed by atoms with Gasteiger partial charge in [-0.3, -0.25) is 14.9 Å². The Kier molecular flexibility index (Phi) is 6.28. The lowest BCUT2D eigenvalue weighted by atomic mass is 9.96. The number of amides is 1. The highest BCUT2D eigenvalue weighted by Gasteiger charge is 2.21. The number of nitrogens with one attached hydrogen (secondary N) is 1. The van der Waals surface area contributed by atoms with Crippen LogP contribution in [0.25, 0.3) is 0 Å². The van der Waals surface area contributed by atoms with Crippen LogP contribution in [-0.4, -0.2) is 29.1 Å². The Bertz CT molecular complexity index is 722. The monoisotopic (exact) mass is 348 g/mol. The van der Waals surface area contributed by atoms with Crippen LogP contribution in [0, 0.1) is 10.1 Å². The number of carbonyl (C=O) groups is 1. The van der Waals surface area contributed by atoms with E-state index in [1.54, 1.807) is 0 Å². The van der Waals surface area contributed by atoms with Crippen LogP contribution in [-0.2, 0) is 0 Å². The van der Waals surface area contributed by atoms with Crippen molar-refractivity contribution in [1.82, 2.24) is 5.32 Å². The van der Waals surface area contributed by atoms with E-state index in [1.807, 2.05) is 30.3 Å². The summed E-state index contributed by atoms with van der Waals surface area (Å²) in [5.74, 6) is -0.651. The smallest absolute Gasteiger partial charge is 0.282 e. The molecule has 1 atom stereocenters. The molecular formula is C17H17ClN2O4. The maximum atomic E-state index is 12.3. The van der Waals surface area contributed by atoms with Crippen LogP contribution in [0.2, 0.25) is 5.02 Å². The van der Waals surface area contributed by atoms with E-state index in [0.29, 0.717) is 6.42 Å². The second kappa shape index (κ2) is 8.42. The molecular weight excluding hydrogens is 332 g/mol. The van der Waals surface area contributed by atoms with E-state index in [4.69, 9.17) is 11.6 Å². The van der Waals surface area contributed by atoms with E-state index in [-0.39, 0.29) is 35.3 Å². The normalized spacial score (nSPS) is 11.8. The summed E-state index contributed by atoms with van der Waals surface area (Å²) in [5, 5.41) is 23.2. The van der Waals surface area contributed by atoms with Gasteiger partial charge in [-0.1, -0.05) is 41.9 Å². The predicted molar refractivity (Wildman–Crippen MR) is 91.3 cm³/mol. The Labute approximate surface area is 144 Å². The molecule has 7 heteroatoms. The van der Waals surface area contributed by atoms with Gasteiger partial charge >= 0.3 is 0 Å². The zero-order valence-electron chi connectivity index (χ0n) is 12.8. The fourth-order valence-electron chi connectivity index (χ4n) is 2.43. The molecule has 0 saturated carbocycles. The minimum absolute atomic E-state index is 0.0211. The standard InChI is InChI=1S/C17H17ClN2O4/c18-14-6-7-16(20(23)24)15(10-14)17(22)19-11-13(8-9-21)12-4-2-1-3-5-12/h1-7,10,13,21H,8-9,11H2,(H,19,22). The molecule has 2 N–H and O–H groups in total. The molecule has 0 aliphatic rings. The molecule has 2 aromatic rings. The first-order valence-electron chi connectivity index (χ1n) is 7.41. The minimum atomic E-state index is -0.617. The van der Waals surface area contributed by atoms with Crippen LogP contribution >= 0.6 is 11.6 Å². The first kappa shape index (κ1) is 17.9. The average molecular weight is 349 g/mol. The Balaban J connectivity index is 2.14. The molecule has 0 aromatic heterocycles. The fourth-order valence-corrected chi connectivity index (χ4v) is 2.60. The molecule has 1 unspecified atom stereocenters. The van der Waals surface area contributed by atoms with Gasteiger partial charge in [0.15, 0.2) is 0 Å². The van der Waals surface area contributed by atoms with Crippen molar-refractivity contribution in [1.29, 1.82) is 0 Å². The summed E-state index contributed by atoms with van der Waals surface area (Å²) < 4.78 is 0. The van der Waals surface area contributed by atoms with E-state index >= 15 is 0 Å². The summed E-state index contributed by atoms with van der Waals surface area (Å²) in [6.45, 7) is 0.236. The molecule has 1 amide bonds. The van der Waals surface area contributed by atoms with Crippen LogP contribution in [0.3, 0.4) is 0 Å². The highest BCUT2D eigenvalue weighted by atomic mass is 35.5. The quantitative estimate of drug-likeness (QED) is 0.593. The number of benzene rings is 2. The van der Waals surface area contributed by atoms with Gasteiger partial charge < -0.3 is 10.4 Å². The number of halogens is 1. The van der Waals surface area contributed by atoms with Crippen molar-refractivity contribution in [2.75, 3.05) is 13.2 Å². The van der Waals surface area contributed by atoms with Crippen molar-refractivity contribution in [3.05, 3.63) is 74.8 Å². The summed E-state index contributed by atoms with van der Waals surface area (Å²) in [6.07, 6.45) is 0.474. The number of nitro benzene ring substituents is 1. The van der Waals surface area contributed by atoms with Crippen molar-refractivity contribution in [3.63, 3.8) is 0 Å². The van der Waals surface area contributed by atoms with Gasteiger partial charge in [-0.05, 0) is 24.1 Å². The number of carbonyl (C=O) groups excluding carboxylic acids is 1. The number of nitro groups is 1. The van der Waals surface area contributed by atoms with Crippen molar-refractivity contribution in [2.45, 2.75) is 12.3 Å². The number of hydrogen-bond donors (Lipinski definition) is 2. The lowest BCUT2D eigenvalue weighted by Gasteiger charge is -2.17. The molecule has 0 radical (unpaired) electrons. The third kappa shape index (κ3) is 4.53. The van der Waals surface area contributed by atoms with Crippen molar-refractivity contribution in [2.24, 2.45) is 0 Å². The highest BCUT2D eigenvalue weighted by molar-refractivity contribution is 6.31. The second-order valence-corrected chi connectivity index (χ2v) is 5.68. The Morgan fingerprint density at radius 2 is 1.96 bits per heavy atom. The number of rotatable bonds is 7. The first-order chi connectivity index (χ1) is 11.5. The molecule has 24 heavy (non-hydrogen) atoms. The van der Waals surface area contributed by atoms with Gasteiger partial charge in [-0.25, -0.2) is 0 Å². The number of aliphatic hydroxyl groups is 1. The number of nitrogens with zero attached hydrogens (tertiary/aromatic N) is 1. The number of hydrogen-bond acceptors (Lipinski definition) is 4. The van der Waals surface area contributed by atoms with Gasteiger partial charge in [0.2, 0.25) is 0 Å². The molecule has 0 spiro atoms. The Morgan fingerprint density at radius 1 is 1.25 bits per heavy atom. The van der Waals surface area contributed by atoms with Crippen LogP contribution in [0.1, 0.15) is 28.3 Å². The maximum absolute atomic E-state index is 12.3. The summed E-state index contributed by atoms with van der Waals surface area (Å²) in [5.41, 5.74) is 0.603. The number of aliphatic hydroxyl groups excluding tert-OH is 1. The zero-order valence-corrected chi connectivity index (χ0v) is 13.6. The van der Waals surface area contributed by atoms with E-state index in [1.165, 1.54) is 18.2 Å². The predicted octanol–water partition coefficient (Wildman–Crippen LogP) is 3.14. The lowest BCUT2D eigenvalue weighted by Crippen LogP contribution is -2.29. The third-order valence-electron chi connectivity index (χ3n) is 3.66. The van der Waals surface area contributed by atoms with E-state index in [9.17, 15) is 20.0 Å². The van der Waals surface area contributed by atoms with Gasteiger partial charge in [0.05, 0.1) is 4.92 Å². The van der Waals surface area contributed by atoms with Crippen molar-refractivity contribution in [3.8, 4) is 0 Å². The van der Waals surface area contributed by atoms with Crippen LogP contribution in [0.5, 0.6) is 0 Å². The van der Waals surface area contributed by atoms with Crippen LogP contribution in [0.4, 0.5) is 5.69 Å². The zero-order chi connectivity index (χ0) is 17.5. The molecule has 0 heterocycles. The van der Waals surface area contributed by atoms with Crippen LogP contribution in [0.15, 0.2) is 48.5 Å². The minimum Gasteiger partial charge on any atom is -0.396 e. The molecule has 0 saturated heterocycles. The molecule has 2 aromatic carbocycles. The summed E-state index contributed by atoms with van der Waals surface area (Å²) in [4.78, 5) is 22.8. The van der Waals surface area contributed by atoms with E-state index in [2.05, 4.69) is 5.32 Å². The lowest BCUT2D eigenvalue weighted by molar-refractivity contribution is -0.385. The summed E-state index contributed by atoms with van der Waals surface area (Å²) in [6, 6.07) is 13.3. The van der Waals surface area contributed by atoms with E-state index < -0.39 is 10.8 Å². The van der Waals surface area contributed by atoms with Gasteiger partial charge in [-0.2, -0.15) is 0 Å². The maximum Gasteiger partial charge on any atom is 0.282 e. The molecule has 0 aliphatic carbocycles. The highest BCUT2D eigenvalue weighted by Crippen LogP contribution is 2.23. The van der Waals surface area contributed by atoms with Crippen molar-refractivity contribution >= 4 is 23.2 Å². The van der Waals surface area contributed by atoms with Crippen molar-refractivity contribution < 1.29 is 14.8 Å². The van der Waals surface area contributed by atoms with Gasteiger partial charge in [-0.15, -0.1) is 0 Å². The largest absolute Gasteiger partial charge is 0.396 e. The summed E-state index contributed by atoms with van der Waals surface area (Å²) in [7, 11) is 0. The topological polar surface area (TPSA) is 92.5 Å². The Hall–Kier alpha value is -2.44. The molecule has 0 fully saturated rings. The second-order valence-electron chi connectivity index (χ2n) is 5.25. The molecule has 0 bridgehead atoms. The van der Waals surface area contributed by atoms with Gasteiger partial charge in [0.1, 0.15) is 5.56 Å². The average Bonchev–Trinajstić information content (AvgIpc) is 2.58. The van der Waals surface area contributed by atoms with Crippen LogP contribution < -0.4 is 5.32 Å². The SMILES string of the molecule is O=C(NCC(CCO)c1ccccc1)c1cc(Cl)ccc1[N+](=O)[O-].